The molecule has 0 radical (unpaired) electrons. The molecule has 1 amide bonds. The van der Waals surface area contributed by atoms with Gasteiger partial charge in [-0.25, -0.2) is 15.0 Å². The highest BCUT2D eigenvalue weighted by molar-refractivity contribution is 5.95. The maximum Gasteiger partial charge on any atom is 0.229 e. The van der Waals surface area contributed by atoms with Crippen LogP contribution in [0.15, 0.2) is 23.3 Å². The van der Waals surface area contributed by atoms with Crippen molar-refractivity contribution in [2.45, 2.75) is 12.8 Å². The summed E-state index contributed by atoms with van der Waals surface area (Å²) in [6, 6.07) is 1.97. The Hall–Kier alpha value is -2.75. The van der Waals surface area contributed by atoms with Crippen molar-refractivity contribution in [3.63, 3.8) is 0 Å². The minimum atomic E-state index is -0.0983. The highest BCUT2D eigenvalue weighted by atomic mass is 16.3. The number of carbonyl (C=O) groups is 1. The van der Waals surface area contributed by atoms with Gasteiger partial charge >= 0.3 is 0 Å². The second kappa shape index (κ2) is 4.49. The Morgan fingerprint density at radius 2 is 2.32 bits per heavy atom. The van der Waals surface area contributed by atoms with Crippen molar-refractivity contribution < 1.29 is 9.21 Å². The maximum atomic E-state index is 11.8. The summed E-state index contributed by atoms with van der Waals surface area (Å²) in [5.41, 5.74) is 1.36. The summed E-state index contributed by atoms with van der Waals surface area (Å²) in [6.07, 6.45) is 5.36. The van der Waals surface area contributed by atoms with Crippen LogP contribution in [0.1, 0.15) is 12.0 Å². The van der Waals surface area contributed by atoms with E-state index in [1.807, 2.05) is 6.07 Å². The normalized spacial score (nSPS) is 14.1. The number of anilines is 1. The number of oxazole rings is 1. The zero-order valence-electron chi connectivity index (χ0n) is 9.91. The Morgan fingerprint density at radius 1 is 1.42 bits per heavy atom. The molecule has 2 aromatic heterocycles. The first-order chi connectivity index (χ1) is 9.29. The third-order valence-corrected chi connectivity index (χ3v) is 2.90. The molecule has 3 rings (SSSR count). The van der Waals surface area contributed by atoms with E-state index in [1.54, 1.807) is 6.20 Å². The van der Waals surface area contributed by atoms with Crippen LogP contribution in [0.25, 0.3) is 11.5 Å². The molecular formula is C12H9N5O2. The zero-order valence-corrected chi connectivity index (χ0v) is 9.91. The molecule has 2 aromatic rings. The van der Waals surface area contributed by atoms with Crippen molar-refractivity contribution in [2.75, 3.05) is 11.4 Å². The summed E-state index contributed by atoms with van der Waals surface area (Å²) in [6.45, 7) is -0.0128. The quantitative estimate of drug-likeness (QED) is 0.741. The van der Waals surface area contributed by atoms with Gasteiger partial charge in [-0.2, -0.15) is 5.26 Å². The average Bonchev–Trinajstić information content (AvgIpc) is 2.96. The fourth-order valence-electron chi connectivity index (χ4n) is 1.98. The summed E-state index contributed by atoms with van der Waals surface area (Å²) in [5.74, 6) is 0.773. The summed E-state index contributed by atoms with van der Waals surface area (Å²) >= 11 is 0. The third kappa shape index (κ3) is 1.93. The van der Waals surface area contributed by atoms with Gasteiger partial charge in [-0.05, 0) is 6.42 Å². The van der Waals surface area contributed by atoms with Gasteiger partial charge in [-0.15, -0.1) is 0 Å². The largest absolute Gasteiger partial charge is 0.451 e. The van der Waals surface area contributed by atoms with Crippen LogP contribution < -0.4 is 4.90 Å². The van der Waals surface area contributed by atoms with E-state index in [1.165, 1.54) is 17.6 Å². The molecule has 0 aromatic carbocycles. The van der Waals surface area contributed by atoms with Crippen molar-refractivity contribution >= 4 is 11.7 Å². The van der Waals surface area contributed by atoms with Crippen molar-refractivity contribution in [3.8, 4) is 17.6 Å². The van der Waals surface area contributed by atoms with Crippen LogP contribution in [-0.2, 0) is 11.2 Å². The van der Waals surface area contributed by atoms with Gasteiger partial charge in [0.15, 0.2) is 12.2 Å². The molecule has 0 bridgehead atoms. The van der Waals surface area contributed by atoms with Gasteiger partial charge in [0.2, 0.25) is 5.91 Å². The fourth-order valence-corrected chi connectivity index (χ4v) is 1.98. The monoisotopic (exact) mass is 255 g/mol. The number of hydrogen-bond donors (Lipinski definition) is 0. The van der Waals surface area contributed by atoms with Gasteiger partial charge in [0, 0.05) is 18.2 Å². The zero-order chi connectivity index (χ0) is 13.2. The van der Waals surface area contributed by atoms with Crippen LogP contribution in [0.5, 0.6) is 0 Å². The van der Waals surface area contributed by atoms with Gasteiger partial charge in [0.05, 0.1) is 6.07 Å². The summed E-state index contributed by atoms with van der Waals surface area (Å²) < 4.78 is 4.88. The Labute approximate surface area is 108 Å². The molecule has 3 heterocycles. The lowest BCUT2D eigenvalue weighted by Crippen LogP contribution is -2.36. The smallest absolute Gasteiger partial charge is 0.229 e. The molecule has 1 aliphatic rings. The topological polar surface area (TPSA) is 95.9 Å². The first-order valence-electron chi connectivity index (χ1n) is 5.71. The van der Waals surface area contributed by atoms with E-state index in [2.05, 4.69) is 15.0 Å². The summed E-state index contributed by atoms with van der Waals surface area (Å²) in [4.78, 5) is 25.7. The molecule has 0 saturated heterocycles. The van der Waals surface area contributed by atoms with E-state index in [0.29, 0.717) is 30.2 Å². The molecule has 7 heteroatoms. The number of fused-ring (bicyclic) bond motifs is 1. The number of carbonyl (C=O) groups excluding carboxylic acids is 1. The highest BCUT2D eigenvalue weighted by Crippen LogP contribution is 2.26. The summed E-state index contributed by atoms with van der Waals surface area (Å²) in [7, 11) is 0. The van der Waals surface area contributed by atoms with Gasteiger partial charge in [0.1, 0.15) is 24.3 Å². The molecule has 7 nitrogen and oxygen atoms in total. The van der Waals surface area contributed by atoms with Crippen molar-refractivity contribution in [1.82, 2.24) is 15.0 Å². The van der Waals surface area contributed by atoms with Gasteiger partial charge in [-0.1, -0.05) is 0 Å². The van der Waals surface area contributed by atoms with Gasteiger partial charge < -0.3 is 4.42 Å². The van der Waals surface area contributed by atoms with Crippen molar-refractivity contribution in [1.29, 1.82) is 5.26 Å². The molecule has 0 saturated carbocycles. The predicted molar refractivity (Wildman–Crippen MR) is 63.8 cm³/mol. The number of nitriles is 1. The third-order valence-electron chi connectivity index (χ3n) is 2.90. The molecule has 0 unspecified atom stereocenters. The van der Waals surface area contributed by atoms with Crippen LogP contribution in [0.4, 0.5) is 5.82 Å². The summed E-state index contributed by atoms with van der Waals surface area (Å²) in [5, 5.41) is 8.80. The Balaban J connectivity index is 2.07. The minimum Gasteiger partial charge on any atom is -0.451 e. The van der Waals surface area contributed by atoms with E-state index in [0.717, 1.165) is 5.56 Å². The van der Waals surface area contributed by atoms with Crippen LogP contribution in [-0.4, -0.2) is 27.4 Å². The van der Waals surface area contributed by atoms with E-state index in [-0.39, 0.29) is 12.5 Å². The molecule has 0 fully saturated rings. The molecule has 0 aliphatic carbocycles. The van der Waals surface area contributed by atoms with Crippen LogP contribution in [0, 0.1) is 11.3 Å². The average molecular weight is 255 g/mol. The Morgan fingerprint density at radius 3 is 3.05 bits per heavy atom. The number of aromatic nitrogens is 3. The van der Waals surface area contributed by atoms with E-state index in [4.69, 9.17) is 9.68 Å². The van der Waals surface area contributed by atoms with E-state index in [9.17, 15) is 4.79 Å². The Bertz CT molecular complexity index is 659. The number of aryl methyl sites for hydroxylation is 1. The second-order valence-corrected chi connectivity index (χ2v) is 4.05. The van der Waals surface area contributed by atoms with Crippen molar-refractivity contribution in [2.24, 2.45) is 0 Å². The SMILES string of the molecule is N#CCN1C(=O)CCc2cnc(-c3cocn3)nc21. The number of hydrogen-bond acceptors (Lipinski definition) is 6. The maximum absolute atomic E-state index is 11.8. The lowest BCUT2D eigenvalue weighted by molar-refractivity contribution is -0.118. The second-order valence-electron chi connectivity index (χ2n) is 4.05. The molecular weight excluding hydrogens is 246 g/mol. The first-order valence-corrected chi connectivity index (χ1v) is 5.71. The standard InChI is InChI=1S/C12H9N5O2/c13-3-4-17-10(18)2-1-8-5-14-11(16-12(8)17)9-6-19-7-15-9/h5-7H,1-2,4H2. The highest BCUT2D eigenvalue weighted by Gasteiger charge is 2.26. The molecule has 19 heavy (non-hydrogen) atoms. The molecule has 94 valence electrons. The van der Waals surface area contributed by atoms with E-state index < -0.39 is 0 Å². The van der Waals surface area contributed by atoms with Gasteiger partial charge in [-0.3, -0.25) is 9.69 Å². The van der Waals surface area contributed by atoms with Crippen LogP contribution in [0.2, 0.25) is 0 Å². The lowest BCUT2D eigenvalue weighted by atomic mass is 10.1. The molecule has 0 spiro atoms. The number of rotatable bonds is 2. The Kier molecular flexibility index (Phi) is 2.68. The first kappa shape index (κ1) is 11.3. The van der Waals surface area contributed by atoms with Crippen LogP contribution in [0.3, 0.4) is 0 Å². The number of nitrogens with zero attached hydrogens (tertiary/aromatic N) is 5. The fraction of sp³-hybridized carbons (Fsp3) is 0.250. The lowest BCUT2D eigenvalue weighted by Gasteiger charge is -2.25. The van der Waals surface area contributed by atoms with Gasteiger partial charge in [0.25, 0.3) is 0 Å². The van der Waals surface area contributed by atoms with E-state index >= 15 is 0 Å². The predicted octanol–water partition coefficient (Wildman–Crippen LogP) is 0.934. The van der Waals surface area contributed by atoms with Crippen LogP contribution >= 0.6 is 0 Å². The number of amides is 1. The molecule has 0 atom stereocenters. The minimum absolute atomic E-state index is 0.0128. The molecule has 1 aliphatic heterocycles. The van der Waals surface area contributed by atoms with Crippen molar-refractivity contribution in [3.05, 3.63) is 24.4 Å². The molecule has 0 N–H and O–H groups in total.